The maximum absolute atomic E-state index is 12.1. The molecule has 0 atom stereocenters. The molecule has 0 spiro atoms. The average molecular weight is 305 g/mol. The zero-order valence-corrected chi connectivity index (χ0v) is 12.6. The summed E-state index contributed by atoms with van der Waals surface area (Å²) in [5, 5.41) is 5.55. The van der Waals surface area contributed by atoms with Crippen molar-refractivity contribution in [2.24, 2.45) is 0 Å². The van der Waals surface area contributed by atoms with Crippen molar-refractivity contribution >= 4 is 34.8 Å². The lowest BCUT2D eigenvalue weighted by Crippen LogP contribution is -2.34. The fourth-order valence-corrected chi connectivity index (χ4v) is 2.10. The quantitative estimate of drug-likeness (QED) is 0.560. The Morgan fingerprint density at radius 2 is 1.32 bits per heavy atom. The highest BCUT2D eigenvalue weighted by atomic mass is 35.5. The lowest BCUT2D eigenvalue weighted by atomic mass is 10.1. The van der Waals surface area contributed by atoms with Crippen molar-refractivity contribution in [2.45, 2.75) is 33.1 Å². The van der Waals surface area contributed by atoms with Crippen LogP contribution >= 0.6 is 23.2 Å². The van der Waals surface area contributed by atoms with E-state index >= 15 is 0 Å². The summed E-state index contributed by atoms with van der Waals surface area (Å²) in [6.07, 6.45) is 2.68. The number of rotatable bonds is 7. The lowest BCUT2D eigenvalue weighted by molar-refractivity contribution is -0.116. The highest BCUT2D eigenvalue weighted by Gasteiger charge is 2.32. The van der Waals surface area contributed by atoms with Gasteiger partial charge in [0.2, 0.25) is 11.6 Å². The van der Waals surface area contributed by atoms with Gasteiger partial charge in [-0.2, -0.15) is 0 Å². The van der Waals surface area contributed by atoms with E-state index < -0.39 is 11.6 Å². The van der Waals surface area contributed by atoms with Crippen LogP contribution in [0.2, 0.25) is 0 Å². The largest absolute Gasteiger partial charge is 0.381 e. The van der Waals surface area contributed by atoms with Crippen LogP contribution in [0.4, 0.5) is 0 Å². The number of hydrogen-bond donors (Lipinski definition) is 2. The molecular weight excluding hydrogens is 287 g/mol. The highest BCUT2D eigenvalue weighted by molar-refractivity contribution is 6.55. The van der Waals surface area contributed by atoms with Crippen molar-refractivity contribution < 1.29 is 9.59 Å². The van der Waals surface area contributed by atoms with Crippen LogP contribution in [0, 0.1) is 0 Å². The summed E-state index contributed by atoms with van der Waals surface area (Å²) in [6, 6.07) is 0. The fraction of sp³-hybridized carbons (Fsp3) is 0.538. The molecule has 0 fully saturated rings. The van der Waals surface area contributed by atoms with E-state index in [0.717, 1.165) is 19.3 Å². The molecule has 0 amide bonds. The first kappa shape index (κ1) is 16.1. The van der Waals surface area contributed by atoms with Crippen LogP contribution < -0.4 is 10.6 Å². The van der Waals surface area contributed by atoms with Gasteiger partial charge in [-0.1, -0.05) is 43.5 Å². The molecule has 1 aliphatic carbocycles. The Labute approximate surface area is 123 Å². The van der Waals surface area contributed by atoms with E-state index in [4.69, 9.17) is 23.2 Å². The van der Waals surface area contributed by atoms with Crippen molar-refractivity contribution in [3.63, 3.8) is 0 Å². The van der Waals surface area contributed by atoms with Gasteiger partial charge in [0.1, 0.15) is 21.5 Å². The Morgan fingerprint density at radius 1 is 0.842 bits per heavy atom. The van der Waals surface area contributed by atoms with Gasteiger partial charge in [0, 0.05) is 13.1 Å². The molecule has 2 N–H and O–H groups in total. The first-order valence-corrected chi connectivity index (χ1v) is 7.16. The van der Waals surface area contributed by atoms with Crippen LogP contribution in [0.1, 0.15) is 33.1 Å². The number of nitrogens with one attached hydrogen (secondary N) is 2. The second kappa shape index (κ2) is 7.56. The van der Waals surface area contributed by atoms with Gasteiger partial charge < -0.3 is 10.6 Å². The third-order valence-electron chi connectivity index (χ3n) is 2.68. The molecule has 0 aromatic carbocycles. The molecule has 0 bridgehead atoms. The van der Waals surface area contributed by atoms with Crippen LogP contribution in [0.25, 0.3) is 0 Å². The predicted molar refractivity (Wildman–Crippen MR) is 77.0 cm³/mol. The minimum Gasteiger partial charge on any atom is -0.381 e. The van der Waals surface area contributed by atoms with Crippen molar-refractivity contribution in [1.82, 2.24) is 10.6 Å². The van der Waals surface area contributed by atoms with Crippen molar-refractivity contribution in [2.75, 3.05) is 13.1 Å². The van der Waals surface area contributed by atoms with Gasteiger partial charge in [-0.15, -0.1) is 0 Å². The van der Waals surface area contributed by atoms with Crippen LogP contribution in [-0.4, -0.2) is 24.7 Å². The maximum Gasteiger partial charge on any atom is 0.224 e. The Hall–Kier alpha value is -1.00. The molecular formula is C13H18Cl2N2O2. The van der Waals surface area contributed by atoms with Crippen LogP contribution in [0.3, 0.4) is 0 Å². The molecule has 0 unspecified atom stereocenters. The standard InChI is InChI=1S/C13H18Cl2N2O2/c1-3-5-7-17-11-9(15)12(18)10(16-6-4-2)8(14)13(11)19/h16-17H,3-7H2,1-2H3. The van der Waals surface area contributed by atoms with Gasteiger partial charge in [-0.25, -0.2) is 0 Å². The number of carbonyl (C=O) groups is 2. The Balaban J connectivity index is 2.90. The maximum atomic E-state index is 12.1. The summed E-state index contributed by atoms with van der Waals surface area (Å²) in [5.74, 6) is -0.861. The summed E-state index contributed by atoms with van der Waals surface area (Å²) >= 11 is 11.9. The molecule has 0 aromatic rings. The normalized spacial score (nSPS) is 16.2. The van der Waals surface area contributed by atoms with E-state index in [1.54, 1.807) is 0 Å². The number of Topliss-reactive ketones (excluding diaryl/α,β-unsaturated/α-hetero) is 2. The first-order chi connectivity index (χ1) is 9.04. The van der Waals surface area contributed by atoms with Crippen LogP contribution in [-0.2, 0) is 9.59 Å². The molecule has 19 heavy (non-hydrogen) atoms. The summed E-state index contributed by atoms with van der Waals surface area (Å²) in [5.41, 5.74) is 0.201. The summed E-state index contributed by atoms with van der Waals surface area (Å²) in [7, 11) is 0. The van der Waals surface area contributed by atoms with E-state index in [-0.39, 0.29) is 21.5 Å². The van der Waals surface area contributed by atoms with Gasteiger partial charge in [-0.05, 0) is 12.8 Å². The molecule has 1 aliphatic rings. The van der Waals surface area contributed by atoms with Gasteiger partial charge in [0.05, 0.1) is 0 Å². The fourth-order valence-electron chi connectivity index (χ4n) is 1.60. The van der Waals surface area contributed by atoms with Gasteiger partial charge in [0.15, 0.2) is 0 Å². The molecule has 6 heteroatoms. The molecule has 0 heterocycles. The van der Waals surface area contributed by atoms with Crippen molar-refractivity contribution in [3.8, 4) is 0 Å². The number of unbranched alkanes of at least 4 members (excludes halogenated alkanes) is 1. The zero-order chi connectivity index (χ0) is 14.4. The second-order valence-corrected chi connectivity index (χ2v) is 5.00. The molecule has 0 aromatic heterocycles. The lowest BCUT2D eigenvalue weighted by Gasteiger charge is -2.19. The second-order valence-electron chi connectivity index (χ2n) is 4.24. The van der Waals surface area contributed by atoms with Gasteiger partial charge in [0.25, 0.3) is 0 Å². The minimum absolute atomic E-state index is 0.0934. The molecule has 0 saturated heterocycles. The molecule has 1 rings (SSSR count). The van der Waals surface area contributed by atoms with E-state index in [1.165, 1.54) is 0 Å². The van der Waals surface area contributed by atoms with E-state index in [2.05, 4.69) is 10.6 Å². The number of ketones is 2. The van der Waals surface area contributed by atoms with Crippen LogP contribution in [0.5, 0.6) is 0 Å². The Bertz CT molecular complexity index is 442. The van der Waals surface area contributed by atoms with Gasteiger partial charge in [-0.3, -0.25) is 9.59 Å². The number of carbonyl (C=O) groups excluding carboxylic acids is 2. The smallest absolute Gasteiger partial charge is 0.224 e. The van der Waals surface area contributed by atoms with Crippen LogP contribution in [0.15, 0.2) is 21.5 Å². The molecule has 0 saturated carbocycles. The van der Waals surface area contributed by atoms with Crippen molar-refractivity contribution in [3.05, 3.63) is 21.5 Å². The minimum atomic E-state index is -0.432. The number of hydrogen-bond acceptors (Lipinski definition) is 4. The first-order valence-electron chi connectivity index (χ1n) is 6.41. The van der Waals surface area contributed by atoms with E-state index in [1.807, 2.05) is 13.8 Å². The summed E-state index contributed by atoms with van der Waals surface area (Å²) in [6.45, 7) is 5.13. The van der Waals surface area contributed by atoms with E-state index in [0.29, 0.717) is 13.1 Å². The Morgan fingerprint density at radius 3 is 1.74 bits per heavy atom. The summed E-state index contributed by atoms with van der Waals surface area (Å²) in [4.78, 5) is 24.1. The highest BCUT2D eigenvalue weighted by Crippen LogP contribution is 2.26. The molecule has 0 radical (unpaired) electrons. The van der Waals surface area contributed by atoms with E-state index in [9.17, 15) is 9.59 Å². The third kappa shape index (κ3) is 3.74. The van der Waals surface area contributed by atoms with Gasteiger partial charge >= 0.3 is 0 Å². The monoisotopic (exact) mass is 304 g/mol. The number of halogens is 2. The molecule has 0 aliphatic heterocycles. The SMILES string of the molecule is CCCCNC1=C(Cl)C(=O)C(NCCC)=C(Cl)C1=O. The molecule has 106 valence electrons. The average Bonchev–Trinajstić information content (AvgIpc) is 2.40. The Kier molecular flexibility index (Phi) is 6.38. The number of allylic oxidation sites excluding steroid dienone is 2. The third-order valence-corrected chi connectivity index (χ3v) is 3.40. The summed E-state index contributed by atoms with van der Waals surface area (Å²) < 4.78 is 0. The molecule has 4 nitrogen and oxygen atoms in total. The zero-order valence-electron chi connectivity index (χ0n) is 11.1. The predicted octanol–water partition coefficient (Wildman–Crippen LogP) is 2.43. The van der Waals surface area contributed by atoms with Crippen molar-refractivity contribution in [1.29, 1.82) is 0 Å². The topological polar surface area (TPSA) is 58.2 Å².